The minimum absolute atomic E-state index is 0.0405. The van der Waals surface area contributed by atoms with Gasteiger partial charge >= 0.3 is 0 Å². The molecule has 0 aliphatic rings. The molecule has 0 fully saturated rings. The van der Waals surface area contributed by atoms with E-state index >= 15 is 0 Å². The van der Waals surface area contributed by atoms with Crippen LogP contribution in [0.15, 0.2) is 30.6 Å². The Balaban J connectivity index is 2.18. The predicted octanol–water partition coefficient (Wildman–Crippen LogP) is 2.94. The van der Waals surface area contributed by atoms with E-state index in [1.165, 1.54) is 12.1 Å². The van der Waals surface area contributed by atoms with Gasteiger partial charge in [0, 0.05) is 23.9 Å². The topological polar surface area (TPSA) is 81.2 Å². The Bertz CT molecular complexity index is 627. The summed E-state index contributed by atoms with van der Waals surface area (Å²) in [6.07, 6.45) is 3.43. The van der Waals surface area contributed by atoms with Crippen molar-refractivity contribution in [2.75, 3.05) is 0 Å². The number of aromatic nitrogens is 2. The molecule has 0 amide bonds. The predicted molar refractivity (Wildman–Crippen MR) is 74.7 cm³/mol. The van der Waals surface area contributed by atoms with Crippen LogP contribution in [0.1, 0.15) is 30.6 Å². The van der Waals surface area contributed by atoms with Crippen LogP contribution >= 0.6 is 11.6 Å². The first-order valence-corrected chi connectivity index (χ1v) is 6.52. The Morgan fingerprint density at radius 3 is 2.90 bits per heavy atom. The summed E-state index contributed by atoms with van der Waals surface area (Å²) in [6.45, 7) is 2.28. The van der Waals surface area contributed by atoms with Gasteiger partial charge in [0.1, 0.15) is 0 Å². The first kappa shape index (κ1) is 14.5. The molecule has 1 aromatic carbocycles. The highest BCUT2D eigenvalue weighted by atomic mass is 35.5. The molecule has 2 aromatic rings. The fourth-order valence-electron chi connectivity index (χ4n) is 1.83. The number of hydrogen-bond donors (Lipinski definition) is 1. The average Bonchev–Trinajstić information content (AvgIpc) is 2.88. The van der Waals surface area contributed by atoms with Crippen LogP contribution in [0.3, 0.4) is 0 Å². The van der Waals surface area contributed by atoms with Crippen molar-refractivity contribution in [2.24, 2.45) is 0 Å². The molecule has 0 saturated heterocycles. The van der Waals surface area contributed by atoms with E-state index in [4.69, 9.17) is 11.6 Å². The van der Waals surface area contributed by atoms with Gasteiger partial charge in [0.05, 0.1) is 28.8 Å². The molecule has 0 aliphatic heterocycles. The normalized spacial score (nSPS) is 12.3. The highest BCUT2D eigenvalue weighted by molar-refractivity contribution is 6.31. The number of non-ortho nitro benzene ring substituents is 1. The van der Waals surface area contributed by atoms with Crippen LogP contribution in [0, 0.1) is 10.1 Å². The lowest BCUT2D eigenvalue weighted by Gasteiger charge is -2.05. The van der Waals surface area contributed by atoms with E-state index in [-0.39, 0.29) is 5.69 Å². The maximum absolute atomic E-state index is 10.6. The van der Waals surface area contributed by atoms with Crippen molar-refractivity contribution >= 4 is 17.3 Å². The maximum atomic E-state index is 10.6. The Morgan fingerprint density at radius 2 is 2.30 bits per heavy atom. The molecule has 1 heterocycles. The smallest absolute Gasteiger partial charge is 0.270 e. The number of nitrogens with zero attached hydrogens (tertiary/aromatic N) is 3. The summed E-state index contributed by atoms with van der Waals surface area (Å²) in [5.41, 5.74) is 1.43. The molecule has 1 atom stereocenters. The summed E-state index contributed by atoms with van der Waals surface area (Å²) in [7, 11) is 0. The quantitative estimate of drug-likeness (QED) is 0.679. The highest BCUT2D eigenvalue weighted by Gasteiger charge is 2.11. The van der Waals surface area contributed by atoms with Gasteiger partial charge in [0.2, 0.25) is 0 Å². The summed E-state index contributed by atoms with van der Waals surface area (Å²) < 4.78 is 1.64. The van der Waals surface area contributed by atoms with E-state index in [1.807, 2.05) is 6.92 Å². The molecular formula is C13H14ClN3O3. The number of hydrogen-bond acceptors (Lipinski definition) is 4. The van der Waals surface area contributed by atoms with E-state index in [0.717, 1.165) is 11.1 Å². The molecule has 1 N–H and O–H groups in total. The van der Waals surface area contributed by atoms with Crippen molar-refractivity contribution in [3.63, 3.8) is 0 Å². The van der Waals surface area contributed by atoms with Crippen molar-refractivity contribution in [1.82, 2.24) is 9.78 Å². The van der Waals surface area contributed by atoms with Crippen molar-refractivity contribution in [2.45, 2.75) is 26.0 Å². The fraction of sp³-hybridized carbons (Fsp3) is 0.308. The second kappa shape index (κ2) is 6.02. The van der Waals surface area contributed by atoms with Crippen LogP contribution in [0.25, 0.3) is 0 Å². The van der Waals surface area contributed by atoms with Gasteiger partial charge in [0.15, 0.2) is 0 Å². The highest BCUT2D eigenvalue weighted by Crippen LogP contribution is 2.23. The molecule has 6 nitrogen and oxygen atoms in total. The summed E-state index contributed by atoms with van der Waals surface area (Å²) in [5, 5.41) is 24.8. The van der Waals surface area contributed by atoms with Crippen LogP contribution in [0.4, 0.5) is 5.69 Å². The molecule has 0 aliphatic carbocycles. The molecule has 20 heavy (non-hydrogen) atoms. The van der Waals surface area contributed by atoms with Gasteiger partial charge in [-0.15, -0.1) is 0 Å². The minimum atomic E-state index is -0.531. The SMILES string of the molecule is CCC(O)c1cnn(Cc2ccc([N+](=O)[O-])cc2Cl)c1. The molecule has 0 bridgehead atoms. The Kier molecular flexibility index (Phi) is 4.36. The number of aliphatic hydroxyl groups is 1. The second-order valence-electron chi connectivity index (χ2n) is 4.43. The number of nitro benzene ring substituents is 1. The van der Waals surface area contributed by atoms with E-state index < -0.39 is 11.0 Å². The lowest BCUT2D eigenvalue weighted by Crippen LogP contribution is -2.01. The number of rotatable bonds is 5. The van der Waals surface area contributed by atoms with Crippen molar-refractivity contribution in [3.8, 4) is 0 Å². The molecular weight excluding hydrogens is 282 g/mol. The molecule has 1 unspecified atom stereocenters. The van der Waals surface area contributed by atoms with Crippen molar-refractivity contribution in [1.29, 1.82) is 0 Å². The number of benzene rings is 1. The Hall–Kier alpha value is -1.92. The zero-order valence-corrected chi connectivity index (χ0v) is 11.6. The summed E-state index contributed by atoms with van der Waals surface area (Å²) >= 11 is 6.03. The number of halogens is 1. The minimum Gasteiger partial charge on any atom is -0.388 e. The van der Waals surface area contributed by atoms with Crippen LogP contribution in [-0.2, 0) is 6.54 Å². The van der Waals surface area contributed by atoms with Crippen LogP contribution in [-0.4, -0.2) is 19.8 Å². The molecule has 0 spiro atoms. The van der Waals surface area contributed by atoms with Gasteiger partial charge in [-0.2, -0.15) is 5.10 Å². The largest absolute Gasteiger partial charge is 0.388 e. The van der Waals surface area contributed by atoms with E-state index in [2.05, 4.69) is 5.10 Å². The lowest BCUT2D eigenvalue weighted by molar-refractivity contribution is -0.384. The monoisotopic (exact) mass is 295 g/mol. The third kappa shape index (κ3) is 3.15. The second-order valence-corrected chi connectivity index (χ2v) is 4.84. The zero-order chi connectivity index (χ0) is 14.7. The van der Waals surface area contributed by atoms with Gasteiger partial charge in [0.25, 0.3) is 5.69 Å². The molecule has 1 aromatic heterocycles. The number of aliphatic hydroxyl groups excluding tert-OH is 1. The van der Waals surface area contributed by atoms with Gasteiger partial charge < -0.3 is 5.11 Å². The van der Waals surface area contributed by atoms with E-state index in [1.54, 1.807) is 23.1 Å². The van der Waals surface area contributed by atoms with Gasteiger partial charge in [-0.1, -0.05) is 18.5 Å². The molecule has 2 rings (SSSR count). The third-order valence-electron chi connectivity index (χ3n) is 3.00. The standard InChI is InChI=1S/C13H14ClN3O3/c1-2-13(18)10-6-15-16(8-10)7-9-3-4-11(17(19)20)5-12(9)14/h3-6,8,13,18H,2,7H2,1H3. The van der Waals surface area contributed by atoms with Crippen LogP contribution in [0.5, 0.6) is 0 Å². The molecule has 106 valence electrons. The number of nitro groups is 1. The Morgan fingerprint density at radius 1 is 1.55 bits per heavy atom. The Labute approximate surface area is 120 Å². The average molecular weight is 296 g/mol. The van der Waals surface area contributed by atoms with E-state index in [0.29, 0.717) is 18.0 Å². The first-order chi connectivity index (χ1) is 9.51. The van der Waals surface area contributed by atoms with E-state index in [9.17, 15) is 15.2 Å². The third-order valence-corrected chi connectivity index (χ3v) is 3.36. The molecule has 7 heteroatoms. The molecule has 0 saturated carbocycles. The van der Waals surface area contributed by atoms with Crippen LogP contribution in [0.2, 0.25) is 5.02 Å². The van der Waals surface area contributed by atoms with Crippen molar-refractivity contribution < 1.29 is 10.0 Å². The van der Waals surface area contributed by atoms with Gasteiger partial charge in [-0.3, -0.25) is 14.8 Å². The summed E-state index contributed by atoms with van der Waals surface area (Å²) in [5.74, 6) is 0. The summed E-state index contributed by atoms with van der Waals surface area (Å²) in [4.78, 5) is 10.1. The first-order valence-electron chi connectivity index (χ1n) is 6.14. The van der Waals surface area contributed by atoms with Crippen molar-refractivity contribution in [3.05, 3.63) is 56.9 Å². The van der Waals surface area contributed by atoms with Crippen LogP contribution < -0.4 is 0 Å². The lowest BCUT2D eigenvalue weighted by atomic mass is 10.1. The molecule has 0 radical (unpaired) electrons. The van der Waals surface area contributed by atoms with Gasteiger partial charge in [-0.25, -0.2) is 0 Å². The zero-order valence-electron chi connectivity index (χ0n) is 10.9. The fourth-order valence-corrected chi connectivity index (χ4v) is 2.06. The van der Waals surface area contributed by atoms with Gasteiger partial charge in [-0.05, 0) is 18.1 Å². The summed E-state index contributed by atoms with van der Waals surface area (Å²) in [6, 6.07) is 4.34. The maximum Gasteiger partial charge on any atom is 0.270 e.